The monoisotopic (exact) mass is 402 g/mol. The van der Waals surface area contributed by atoms with Gasteiger partial charge in [0.15, 0.2) is 0 Å². The molecule has 29 heavy (non-hydrogen) atoms. The van der Waals surface area contributed by atoms with Crippen LogP contribution in [0, 0.1) is 11.8 Å². The number of carbonyl (C=O) groups is 2. The molecule has 1 aromatic rings. The van der Waals surface area contributed by atoms with E-state index in [-0.39, 0.29) is 12.3 Å². The maximum Gasteiger partial charge on any atom is 0.303 e. The number of benzene rings is 1. The molecule has 0 saturated carbocycles. The maximum atomic E-state index is 12.1. The van der Waals surface area contributed by atoms with E-state index in [1.54, 1.807) is 0 Å². The lowest BCUT2D eigenvalue weighted by atomic mass is 9.76. The second kappa shape index (κ2) is 11.3. The van der Waals surface area contributed by atoms with Crippen LogP contribution in [0.4, 0.5) is 0 Å². The number of amides is 1. The Morgan fingerprint density at radius 2 is 1.72 bits per heavy atom. The van der Waals surface area contributed by atoms with Crippen molar-refractivity contribution >= 4 is 11.9 Å². The smallest absolute Gasteiger partial charge is 0.303 e. The van der Waals surface area contributed by atoms with Gasteiger partial charge in [0, 0.05) is 25.4 Å². The van der Waals surface area contributed by atoms with Gasteiger partial charge < -0.3 is 20.5 Å². The maximum absolute atomic E-state index is 12.1. The fraction of sp³-hybridized carbons (Fsp3) is 0.652. The minimum atomic E-state index is -0.703. The number of rotatable bonds is 13. The molecular weight excluding hydrogens is 368 g/mol. The van der Waals surface area contributed by atoms with Crippen molar-refractivity contribution in [3.63, 3.8) is 0 Å². The molecule has 2 aliphatic rings. The third-order valence-electron chi connectivity index (χ3n) is 6.27. The first-order valence-corrected chi connectivity index (χ1v) is 11.0. The summed E-state index contributed by atoms with van der Waals surface area (Å²) in [7, 11) is 0. The highest BCUT2D eigenvalue weighted by Crippen LogP contribution is 2.45. The van der Waals surface area contributed by atoms with Gasteiger partial charge in [0.25, 0.3) is 0 Å². The van der Waals surface area contributed by atoms with Gasteiger partial charge in [-0.2, -0.15) is 0 Å². The normalized spacial score (nSPS) is 25.2. The average Bonchev–Trinajstić information content (AvgIpc) is 3.32. The Hall–Kier alpha value is -1.92. The summed E-state index contributed by atoms with van der Waals surface area (Å²) < 4.78 is 6.15. The summed E-state index contributed by atoms with van der Waals surface area (Å²) in [5.74, 6) is 0.362. The van der Waals surface area contributed by atoms with Gasteiger partial charge >= 0.3 is 5.97 Å². The van der Waals surface area contributed by atoms with Gasteiger partial charge in [-0.1, -0.05) is 49.6 Å². The molecule has 4 atom stereocenters. The van der Waals surface area contributed by atoms with Crippen LogP contribution in [0.3, 0.4) is 0 Å². The third kappa shape index (κ3) is 6.82. The molecule has 0 spiro atoms. The van der Waals surface area contributed by atoms with Gasteiger partial charge in [0.05, 0.1) is 18.8 Å². The lowest BCUT2D eigenvalue weighted by molar-refractivity contribution is -0.137. The van der Waals surface area contributed by atoms with E-state index in [0.29, 0.717) is 37.1 Å². The van der Waals surface area contributed by atoms with Crippen LogP contribution in [0.25, 0.3) is 0 Å². The minimum Gasteiger partial charge on any atom is -0.481 e. The molecule has 160 valence electrons. The highest BCUT2D eigenvalue weighted by Gasteiger charge is 2.47. The van der Waals surface area contributed by atoms with Crippen molar-refractivity contribution in [1.29, 1.82) is 0 Å². The first-order valence-electron chi connectivity index (χ1n) is 11.0. The Morgan fingerprint density at radius 1 is 1.00 bits per heavy atom. The van der Waals surface area contributed by atoms with Crippen molar-refractivity contribution in [2.45, 2.75) is 70.1 Å². The molecule has 3 rings (SSSR count). The third-order valence-corrected chi connectivity index (χ3v) is 6.27. The minimum absolute atomic E-state index is 0.0212. The predicted molar refractivity (Wildman–Crippen MR) is 111 cm³/mol. The lowest BCUT2D eigenvalue weighted by Crippen LogP contribution is -2.40. The topological polar surface area (TPSA) is 87.7 Å². The van der Waals surface area contributed by atoms with Crippen LogP contribution < -0.4 is 10.6 Å². The van der Waals surface area contributed by atoms with Crippen molar-refractivity contribution in [3.8, 4) is 0 Å². The van der Waals surface area contributed by atoms with Crippen molar-refractivity contribution < 1.29 is 19.4 Å². The molecule has 0 unspecified atom stereocenters. The SMILES string of the molecule is O=C(O)CCCCCC[C@H]1[C@H](CNCC(=O)NCc2ccccc2)[C@H]2CC[C@@H]1O2. The molecule has 1 amide bonds. The Balaban J connectivity index is 1.33. The fourth-order valence-corrected chi connectivity index (χ4v) is 4.77. The molecule has 6 heteroatoms. The van der Waals surface area contributed by atoms with E-state index in [9.17, 15) is 9.59 Å². The van der Waals surface area contributed by atoms with Crippen LogP contribution >= 0.6 is 0 Å². The molecule has 2 heterocycles. The molecule has 2 aliphatic heterocycles. The number of hydrogen-bond acceptors (Lipinski definition) is 4. The number of unbranched alkanes of at least 4 members (excludes halogenated alkanes) is 3. The van der Waals surface area contributed by atoms with Crippen molar-refractivity contribution in [2.75, 3.05) is 13.1 Å². The zero-order chi connectivity index (χ0) is 20.5. The van der Waals surface area contributed by atoms with Gasteiger partial charge in [-0.3, -0.25) is 9.59 Å². The summed E-state index contributed by atoms with van der Waals surface area (Å²) in [5, 5.41) is 15.0. The second-order valence-corrected chi connectivity index (χ2v) is 8.36. The van der Waals surface area contributed by atoms with Crippen LogP contribution in [0.2, 0.25) is 0 Å². The molecule has 0 aliphatic carbocycles. The number of fused-ring (bicyclic) bond motifs is 2. The zero-order valence-electron chi connectivity index (χ0n) is 17.1. The Labute approximate surface area is 173 Å². The lowest BCUT2D eigenvalue weighted by Gasteiger charge is -2.28. The predicted octanol–water partition coefficient (Wildman–Crippen LogP) is 3.11. The Kier molecular flexibility index (Phi) is 8.50. The van der Waals surface area contributed by atoms with Gasteiger partial charge in [0.1, 0.15) is 0 Å². The first-order chi connectivity index (χ1) is 14.1. The van der Waals surface area contributed by atoms with Gasteiger partial charge in [-0.15, -0.1) is 0 Å². The summed E-state index contributed by atoms with van der Waals surface area (Å²) >= 11 is 0. The number of aliphatic carboxylic acids is 1. The molecule has 2 bridgehead atoms. The zero-order valence-corrected chi connectivity index (χ0v) is 17.1. The van der Waals surface area contributed by atoms with Crippen LogP contribution in [0.5, 0.6) is 0 Å². The number of carbonyl (C=O) groups excluding carboxylic acids is 1. The average molecular weight is 403 g/mol. The van der Waals surface area contributed by atoms with E-state index in [2.05, 4.69) is 10.6 Å². The Bertz CT molecular complexity index is 652. The molecule has 0 radical (unpaired) electrons. The molecule has 3 N–H and O–H groups in total. The van der Waals surface area contributed by atoms with Crippen LogP contribution in [-0.2, 0) is 20.9 Å². The fourth-order valence-electron chi connectivity index (χ4n) is 4.77. The van der Waals surface area contributed by atoms with E-state index in [1.807, 2.05) is 30.3 Å². The molecule has 1 aromatic carbocycles. The highest BCUT2D eigenvalue weighted by molar-refractivity contribution is 5.77. The number of hydrogen-bond donors (Lipinski definition) is 3. The standard InChI is InChI=1S/C23H34N2O4/c26-22(25-14-17-8-4-3-5-9-17)16-24-15-19-18(20-12-13-21(19)29-20)10-6-1-2-7-11-23(27)28/h3-5,8-9,18-21,24H,1-2,6-7,10-16H2,(H,25,26)(H,27,28)/t18-,19-,20-,21+/m0/s1. The van der Waals surface area contributed by atoms with Crippen molar-refractivity contribution in [3.05, 3.63) is 35.9 Å². The van der Waals surface area contributed by atoms with Crippen LogP contribution in [0.15, 0.2) is 30.3 Å². The van der Waals surface area contributed by atoms with Crippen molar-refractivity contribution in [1.82, 2.24) is 10.6 Å². The van der Waals surface area contributed by atoms with E-state index < -0.39 is 5.97 Å². The number of carboxylic acids is 1. The van der Waals surface area contributed by atoms with E-state index in [0.717, 1.165) is 57.1 Å². The van der Waals surface area contributed by atoms with E-state index in [1.165, 1.54) is 0 Å². The highest BCUT2D eigenvalue weighted by atomic mass is 16.5. The van der Waals surface area contributed by atoms with Gasteiger partial charge in [0.2, 0.25) is 5.91 Å². The van der Waals surface area contributed by atoms with E-state index >= 15 is 0 Å². The number of nitrogens with one attached hydrogen (secondary N) is 2. The summed E-state index contributed by atoms with van der Waals surface area (Å²) in [5.41, 5.74) is 1.10. The Morgan fingerprint density at radius 3 is 2.48 bits per heavy atom. The molecule has 0 aromatic heterocycles. The van der Waals surface area contributed by atoms with Crippen LogP contribution in [-0.4, -0.2) is 42.3 Å². The quantitative estimate of drug-likeness (QED) is 0.441. The first kappa shape index (κ1) is 21.8. The largest absolute Gasteiger partial charge is 0.481 e. The molecule has 6 nitrogen and oxygen atoms in total. The second-order valence-electron chi connectivity index (χ2n) is 8.36. The van der Waals surface area contributed by atoms with Gasteiger partial charge in [-0.05, 0) is 37.2 Å². The molecule has 2 saturated heterocycles. The van der Waals surface area contributed by atoms with E-state index in [4.69, 9.17) is 9.84 Å². The number of carboxylic acid groups (broad SMARTS) is 1. The summed E-state index contributed by atoms with van der Waals surface area (Å²) in [6.45, 7) is 1.72. The summed E-state index contributed by atoms with van der Waals surface area (Å²) in [6.07, 6.45) is 8.37. The molecule has 2 fully saturated rings. The molecular formula is C23H34N2O4. The van der Waals surface area contributed by atoms with Crippen LogP contribution in [0.1, 0.15) is 56.9 Å². The summed E-state index contributed by atoms with van der Waals surface area (Å²) in [6, 6.07) is 9.93. The summed E-state index contributed by atoms with van der Waals surface area (Å²) in [4.78, 5) is 22.7. The number of ether oxygens (including phenoxy) is 1. The van der Waals surface area contributed by atoms with Gasteiger partial charge in [-0.25, -0.2) is 0 Å². The van der Waals surface area contributed by atoms with Crippen molar-refractivity contribution in [2.24, 2.45) is 11.8 Å².